The van der Waals surface area contributed by atoms with Crippen LogP contribution in [-0.4, -0.2) is 94.5 Å². The van der Waals surface area contributed by atoms with Crippen LogP contribution in [0.15, 0.2) is 6.33 Å². The number of carbonyl (C=O) groups excluding carboxylic acids is 4. The summed E-state index contributed by atoms with van der Waals surface area (Å²) in [6, 6.07) is 0. The normalized spacial score (nSPS) is 20.8. The first-order valence-electron chi connectivity index (χ1n) is 16.6. The van der Waals surface area contributed by atoms with Crippen molar-refractivity contribution < 1.29 is 47.3 Å². The van der Waals surface area contributed by atoms with Gasteiger partial charge in [-0.3, -0.25) is 9.36 Å². The van der Waals surface area contributed by atoms with Crippen molar-refractivity contribution >= 4 is 60.8 Å². The van der Waals surface area contributed by atoms with Crippen molar-refractivity contribution in [3.05, 3.63) is 11.6 Å². The Morgan fingerprint density at radius 2 is 1.56 bits per heavy atom. The highest BCUT2D eigenvalue weighted by molar-refractivity contribution is 6.74. The zero-order valence-electron chi connectivity index (χ0n) is 31.6. The summed E-state index contributed by atoms with van der Waals surface area (Å²) in [5.74, 6) is -1.86. The van der Waals surface area contributed by atoms with E-state index in [0.29, 0.717) is 4.90 Å². The van der Waals surface area contributed by atoms with Gasteiger partial charge in [-0.15, -0.1) is 0 Å². The van der Waals surface area contributed by atoms with Gasteiger partial charge >= 0.3 is 18.2 Å². The smallest absolute Gasteiger partial charge is 0.425 e. The molecule has 5 atom stereocenters. The standard InChI is InChI=1S/C33H52ClN5O10Si/c1-15-44-27(41)23(19(3)40)45-16-20-18(2)22(49-50(13,14)33(10,11)12)26(46-20)38-17-35-21-24(38)36-28(34)37-25(21)39(29(42)47-31(4,5)6)30(43)48-32(7,8)9/h17-18,20,22-23,26H,15-16H2,1-14H3/t18-,20+,22+,23?,26+/m0/s1. The average molecular weight is 742 g/mol. The Balaban J connectivity index is 2.16. The molecule has 1 fully saturated rings. The Bertz CT molecular complexity index is 1550. The van der Waals surface area contributed by atoms with E-state index in [0.717, 1.165) is 0 Å². The number of fused-ring (bicyclic) bond motifs is 1. The largest absolute Gasteiger partial charge is 0.464 e. The van der Waals surface area contributed by atoms with Crippen LogP contribution in [0.3, 0.4) is 0 Å². The van der Waals surface area contributed by atoms with Crippen LogP contribution in [0.5, 0.6) is 0 Å². The van der Waals surface area contributed by atoms with E-state index < -0.39 is 68.0 Å². The number of imide groups is 1. The number of hydrogen-bond acceptors (Lipinski definition) is 13. The molecule has 1 saturated heterocycles. The molecular weight excluding hydrogens is 690 g/mol. The van der Waals surface area contributed by atoms with Gasteiger partial charge in [-0.25, -0.2) is 19.4 Å². The van der Waals surface area contributed by atoms with Gasteiger partial charge in [-0.05, 0) is 85.1 Å². The Hall–Kier alpha value is -3.18. The number of rotatable bonds is 10. The zero-order chi connectivity index (χ0) is 38.1. The highest BCUT2D eigenvalue weighted by Crippen LogP contribution is 2.45. The monoisotopic (exact) mass is 741 g/mol. The lowest BCUT2D eigenvalue weighted by Gasteiger charge is -2.40. The highest BCUT2D eigenvalue weighted by Gasteiger charge is 2.50. The van der Waals surface area contributed by atoms with E-state index in [9.17, 15) is 19.2 Å². The third kappa shape index (κ3) is 9.78. The molecule has 0 radical (unpaired) electrons. The first-order valence-corrected chi connectivity index (χ1v) is 19.8. The molecule has 17 heteroatoms. The number of esters is 1. The van der Waals surface area contributed by atoms with E-state index in [1.807, 2.05) is 6.92 Å². The third-order valence-electron chi connectivity index (χ3n) is 8.25. The molecule has 0 bridgehead atoms. The summed E-state index contributed by atoms with van der Waals surface area (Å²) in [5.41, 5.74) is -1.78. The predicted molar refractivity (Wildman–Crippen MR) is 187 cm³/mol. The van der Waals surface area contributed by atoms with Gasteiger partial charge in [-0.1, -0.05) is 27.7 Å². The quantitative estimate of drug-likeness (QED) is 0.0838. The van der Waals surface area contributed by atoms with Crippen molar-refractivity contribution in [2.45, 2.75) is 137 Å². The molecule has 0 aromatic carbocycles. The molecule has 15 nitrogen and oxygen atoms in total. The number of nitrogens with zero attached hydrogens (tertiary/aromatic N) is 5. The van der Waals surface area contributed by atoms with Crippen LogP contribution in [0.1, 0.15) is 89.3 Å². The van der Waals surface area contributed by atoms with Gasteiger partial charge in [0.1, 0.15) is 11.2 Å². The van der Waals surface area contributed by atoms with Crippen LogP contribution in [-0.2, 0) is 37.7 Å². The van der Waals surface area contributed by atoms with Crippen LogP contribution in [0.25, 0.3) is 11.2 Å². The van der Waals surface area contributed by atoms with Crippen molar-refractivity contribution in [2.75, 3.05) is 18.1 Å². The SMILES string of the molecule is CCOC(=O)C(OC[C@H]1O[C@@H](n2cnc3c(N(C(=O)OC(C)(C)C)C(=O)OC(C)(C)C)nc(Cl)nc32)[C@H](O[Si](C)(C)C(C)(C)C)[C@H]1C)C(C)=O. The first-order chi connectivity index (χ1) is 22.8. The molecule has 280 valence electrons. The number of anilines is 1. The maximum absolute atomic E-state index is 13.5. The molecule has 50 heavy (non-hydrogen) atoms. The van der Waals surface area contributed by atoms with Crippen molar-refractivity contribution in [3.63, 3.8) is 0 Å². The Morgan fingerprint density at radius 1 is 1.00 bits per heavy atom. The maximum Gasteiger partial charge on any atom is 0.425 e. The molecular formula is C33H52ClN5O10Si. The Kier molecular flexibility index (Phi) is 12.5. The van der Waals surface area contributed by atoms with E-state index in [4.69, 9.17) is 39.7 Å². The van der Waals surface area contributed by atoms with Crippen LogP contribution in [0.4, 0.5) is 15.4 Å². The topological polar surface area (TPSA) is 171 Å². The molecule has 0 spiro atoms. The lowest BCUT2D eigenvalue weighted by Crippen LogP contribution is -2.47. The third-order valence-corrected chi connectivity index (χ3v) is 12.9. The van der Waals surface area contributed by atoms with Gasteiger partial charge in [0.2, 0.25) is 11.4 Å². The second kappa shape index (κ2) is 15.2. The average Bonchev–Trinajstić information content (AvgIpc) is 3.46. The van der Waals surface area contributed by atoms with Crippen LogP contribution in [0, 0.1) is 5.92 Å². The molecule has 2 amide bonds. The van der Waals surface area contributed by atoms with Gasteiger partial charge in [0.15, 0.2) is 37.3 Å². The summed E-state index contributed by atoms with van der Waals surface area (Å²) >= 11 is 6.45. The van der Waals surface area contributed by atoms with Crippen LogP contribution < -0.4 is 4.90 Å². The minimum absolute atomic E-state index is 0.0344. The number of aromatic nitrogens is 4. The Labute approximate surface area is 299 Å². The fourth-order valence-corrected chi connectivity index (χ4v) is 6.32. The number of ketones is 1. The van der Waals surface area contributed by atoms with E-state index in [1.54, 1.807) is 53.0 Å². The predicted octanol–water partition coefficient (Wildman–Crippen LogP) is 6.62. The van der Waals surface area contributed by atoms with Gasteiger partial charge < -0.3 is 28.1 Å². The number of Topliss-reactive ketones (excluding diaryl/α,β-unsaturated/α-hetero) is 1. The molecule has 1 aliphatic heterocycles. The first kappa shape index (κ1) is 41.2. The van der Waals surface area contributed by atoms with Crippen molar-refractivity contribution in [2.24, 2.45) is 5.92 Å². The van der Waals surface area contributed by atoms with Gasteiger partial charge in [-0.2, -0.15) is 14.9 Å². The minimum atomic E-state index is -2.44. The molecule has 2 aromatic heterocycles. The summed E-state index contributed by atoms with van der Waals surface area (Å²) < 4.78 is 37.0. The minimum Gasteiger partial charge on any atom is -0.464 e. The zero-order valence-corrected chi connectivity index (χ0v) is 33.3. The van der Waals surface area contributed by atoms with Crippen LogP contribution >= 0.6 is 11.6 Å². The molecule has 0 aliphatic carbocycles. The number of halogens is 1. The lowest BCUT2D eigenvalue weighted by atomic mass is 10.0. The molecule has 1 aliphatic rings. The summed E-state index contributed by atoms with van der Waals surface area (Å²) in [6.07, 6.45) is -4.21. The maximum atomic E-state index is 13.5. The summed E-state index contributed by atoms with van der Waals surface area (Å²) in [6.45, 7) is 25.3. The Morgan fingerprint density at radius 3 is 2.04 bits per heavy atom. The second-order valence-corrected chi connectivity index (χ2v) is 20.9. The fraction of sp³-hybridized carbons (Fsp3) is 0.727. The van der Waals surface area contributed by atoms with Crippen molar-refractivity contribution in [3.8, 4) is 0 Å². The van der Waals surface area contributed by atoms with E-state index in [2.05, 4.69) is 48.8 Å². The van der Waals surface area contributed by atoms with Crippen molar-refractivity contribution in [1.29, 1.82) is 0 Å². The molecule has 0 N–H and O–H groups in total. The fourth-order valence-electron chi connectivity index (χ4n) is 4.79. The van der Waals surface area contributed by atoms with E-state index >= 15 is 0 Å². The molecule has 2 aromatic rings. The number of hydrogen-bond donors (Lipinski definition) is 0. The van der Waals surface area contributed by atoms with Crippen molar-refractivity contribution in [1.82, 2.24) is 19.5 Å². The van der Waals surface area contributed by atoms with Crippen LogP contribution in [0.2, 0.25) is 23.4 Å². The number of carbonyl (C=O) groups is 4. The van der Waals surface area contributed by atoms with Gasteiger partial charge in [0, 0.05) is 5.92 Å². The number of amides is 2. The van der Waals surface area contributed by atoms with E-state index in [1.165, 1.54) is 13.3 Å². The highest BCUT2D eigenvalue weighted by atomic mass is 35.5. The molecule has 0 saturated carbocycles. The summed E-state index contributed by atoms with van der Waals surface area (Å²) in [5, 5.41) is -0.468. The summed E-state index contributed by atoms with van der Waals surface area (Å²) in [4.78, 5) is 65.6. The second-order valence-electron chi connectivity index (χ2n) is 15.8. The lowest BCUT2D eigenvalue weighted by molar-refractivity contribution is -0.164. The number of ether oxygens (including phenoxy) is 5. The van der Waals surface area contributed by atoms with E-state index in [-0.39, 0.29) is 46.4 Å². The molecule has 3 heterocycles. The van der Waals surface area contributed by atoms with Gasteiger partial charge in [0.05, 0.1) is 31.7 Å². The van der Waals surface area contributed by atoms with Gasteiger partial charge in [0.25, 0.3) is 0 Å². The molecule has 1 unspecified atom stereocenters. The summed E-state index contributed by atoms with van der Waals surface area (Å²) in [7, 11) is -2.44. The number of imidazole rings is 1. The molecule has 3 rings (SSSR count).